The van der Waals surface area contributed by atoms with E-state index >= 15 is 0 Å². The van der Waals surface area contributed by atoms with Crippen molar-refractivity contribution in [3.8, 4) is 0 Å². The molecule has 0 N–H and O–H groups in total. The quantitative estimate of drug-likeness (QED) is 0.550. The van der Waals surface area contributed by atoms with Gasteiger partial charge in [-0.3, -0.25) is 4.79 Å². The summed E-state index contributed by atoms with van der Waals surface area (Å²) in [5.74, 6) is 3.01. The average molecular weight is 423 g/mol. The lowest BCUT2D eigenvalue weighted by atomic mass is 10.2. The van der Waals surface area contributed by atoms with Crippen LogP contribution in [0, 0.1) is 0 Å². The highest BCUT2D eigenvalue weighted by Gasteiger charge is 2.31. The molecule has 1 aromatic heterocycles. The fourth-order valence-electron chi connectivity index (χ4n) is 3.60. The number of nitrogens with zero attached hydrogens (tertiary/aromatic N) is 4. The number of benzene rings is 2. The number of aromatic nitrogens is 3. The fraction of sp³-hybridized carbons (Fsp3) is 0.318. The van der Waals surface area contributed by atoms with Crippen molar-refractivity contribution in [1.29, 1.82) is 0 Å². The van der Waals surface area contributed by atoms with Gasteiger partial charge >= 0.3 is 0 Å². The Morgan fingerprint density at radius 1 is 1.07 bits per heavy atom. The Bertz CT molecular complexity index is 1020. The van der Waals surface area contributed by atoms with Crippen LogP contribution in [-0.2, 0) is 11.3 Å². The molecule has 3 aromatic rings. The van der Waals surface area contributed by atoms with Gasteiger partial charge in [0.2, 0.25) is 5.91 Å². The normalized spacial score (nSPS) is 15.9. The Labute approximate surface area is 178 Å². The number of rotatable bonds is 6. The van der Waals surface area contributed by atoms with E-state index in [4.69, 9.17) is 0 Å². The van der Waals surface area contributed by atoms with Crippen molar-refractivity contribution in [3.05, 3.63) is 66.0 Å². The minimum absolute atomic E-state index is 0.130. The van der Waals surface area contributed by atoms with Crippen LogP contribution in [-0.4, -0.2) is 38.7 Å². The molecule has 1 amide bonds. The van der Waals surface area contributed by atoms with Crippen molar-refractivity contribution in [1.82, 2.24) is 14.8 Å². The number of fused-ring (bicyclic) bond motifs is 1. The number of anilines is 1. The third-order valence-corrected chi connectivity index (χ3v) is 7.22. The van der Waals surface area contributed by atoms with Gasteiger partial charge in [0.15, 0.2) is 5.16 Å². The lowest BCUT2D eigenvalue weighted by Gasteiger charge is -2.28. The Balaban J connectivity index is 1.33. The molecule has 1 aliphatic heterocycles. The van der Waals surface area contributed by atoms with Gasteiger partial charge in [-0.25, -0.2) is 0 Å². The standard InChI is InChI=1S/C22H22N4OS2/c27-20(25-12-13-28-19-9-5-4-8-18(19)25)15-29-22-24-23-21(17-10-11-17)26(22)14-16-6-2-1-3-7-16/h1-9,17H,10-15H2. The van der Waals surface area contributed by atoms with Gasteiger partial charge < -0.3 is 9.47 Å². The van der Waals surface area contributed by atoms with Crippen LogP contribution < -0.4 is 4.90 Å². The zero-order chi connectivity index (χ0) is 19.6. The first kappa shape index (κ1) is 18.8. The first-order valence-corrected chi connectivity index (χ1v) is 11.9. The van der Waals surface area contributed by atoms with Gasteiger partial charge in [-0.1, -0.05) is 54.2 Å². The summed E-state index contributed by atoms with van der Waals surface area (Å²) in [6, 6.07) is 18.5. The lowest BCUT2D eigenvalue weighted by Crippen LogP contribution is -2.36. The first-order chi connectivity index (χ1) is 14.3. The summed E-state index contributed by atoms with van der Waals surface area (Å²) in [6.45, 7) is 1.50. The maximum absolute atomic E-state index is 13.0. The third-order valence-electron chi connectivity index (χ3n) is 5.23. The highest BCUT2D eigenvalue weighted by molar-refractivity contribution is 8.00. The Morgan fingerprint density at radius 2 is 1.86 bits per heavy atom. The molecule has 7 heteroatoms. The van der Waals surface area contributed by atoms with Crippen LogP contribution in [0.5, 0.6) is 0 Å². The van der Waals surface area contributed by atoms with Gasteiger partial charge in [-0.05, 0) is 30.5 Å². The second-order valence-electron chi connectivity index (χ2n) is 7.34. The highest BCUT2D eigenvalue weighted by atomic mass is 32.2. The van der Waals surface area contributed by atoms with Crippen LogP contribution in [0.4, 0.5) is 5.69 Å². The highest BCUT2D eigenvalue weighted by Crippen LogP contribution is 2.40. The fourth-order valence-corrected chi connectivity index (χ4v) is 5.41. The minimum Gasteiger partial charge on any atom is -0.310 e. The number of hydrogen-bond acceptors (Lipinski definition) is 5. The van der Waals surface area contributed by atoms with Crippen LogP contribution in [0.15, 0.2) is 64.6 Å². The summed E-state index contributed by atoms with van der Waals surface area (Å²) in [4.78, 5) is 16.1. The molecule has 148 valence electrons. The topological polar surface area (TPSA) is 51.0 Å². The van der Waals surface area contributed by atoms with E-state index in [-0.39, 0.29) is 5.91 Å². The molecule has 0 atom stereocenters. The second kappa shape index (κ2) is 8.24. The van der Waals surface area contributed by atoms with E-state index in [0.29, 0.717) is 11.7 Å². The van der Waals surface area contributed by atoms with Crippen molar-refractivity contribution in [2.45, 2.75) is 35.4 Å². The number of amides is 1. The maximum atomic E-state index is 13.0. The molecular weight excluding hydrogens is 400 g/mol. The summed E-state index contributed by atoms with van der Waals surface area (Å²) < 4.78 is 2.20. The molecule has 1 aliphatic carbocycles. The predicted octanol–water partition coefficient (Wildman–Crippen LogP) is 4.43. The van der Waals surface area contributed by atoms with Crippen molar-refractivity contribution in [2.75, 3.05) is 23.0 Å². The van der Waals surface area contributed by atoms with Crippen LogP contribution in [0.3, 0.4) is 0 Å². The lowest BCUT2D eigenvalue weighted by molar-refractivity contribution is -0.116. The Kier molecular flexibility index (Phi) is 5.33. The van der Waals surface area contributed by atoms with Gasteiger partial charge in [0.1, 0.15) is 5.82 Å². The first-order valence-electron chi connectivity index (χ1n) is 9.91. The molecule has 0 saturated heterocycles. The van der Waals surface area contributed by atoms with Crippen molar-refractivity contribution in [3.63, 3.8) is 0 Å². The molecule has 5 nitrogen and oxygen atoms in total. The van der Waals surface area contributed by atoms with E-state index in [1.165, 1.54) is 35.1 Å². The SMILES string of the molecule is O=C(CSc1nnc(C2CC2)n1Cc1ccccc1)N1CCSc2ccccc21. The summed E-state index contributed by atoms with van der Waals surface area (Å²) in [6.07, 6.45) is 2.36. The largest absolute Gasteiger partial charge is 0.310 e. The molecule has 2 heterocycles. The van der Waals surface area contributed by atoms with Gasteiger partial charge in [0.05, 0.1) is 18.0 Å². The van der Waals surface area contributed by atoms with Gasteiger partial charge in [0.25, 0.3) is 0 Å². The monoisotopic (exact) mass is 422 g/mol. The minimum atomic E-state index is 0.130. The molecule has 1 saturated carbocycles. The van der Waals surface area contributed by atoms with E-state index < -0.39 is 0 Å². The van der Waals surface area contributed by atoms with Crippen LogP contribution in [0.25, 0.3) is 0 Å². The summed E-state index contributed by atoms with van der Waals surface area (Å²) in [5.41, 5.74) is 2.25. The maximum Gasteiger partial charge on any atom is 0.237 e. The Morgan fingerprint density at radius 3 is 2.69 bits per heavy atom. The van der Waals surface area contributed by atoms with E-state index in [2.05, 4.69) is 45.1 Å². The van der Waals surface area contributed by atoms with E-state index in [9.17, 15) is 4.79 Å². The number of hydrogen-bond donors (Lipinski definition) is 0. The van der Waals surface area contributed by atoms with Crippen LogP contribution >= 0.6 is 23.5 Å². The van der Waals surface area contributed by atoms with Gasteiger partial charge in [-0.15, -0.1) is 22.0 Å². The van der Waals surface area contributed by atoms with Crippen LogP contribution in [0.1, 0.15) is 30.1 Å². The van der Waals surface area contributed by atoms with Crippen molar-refractivity contribution in [2.24, 2.45) is 0 Å². The summed E-state index contributed by atoms with van der Waals surface area (Å²) in [7, 11) is 0. The average Bonchev–Trinajstić information content (AvgIpc) is 3.54. The molecule has 1 fully saturated rings. The Hall–Kier alpha value is -2.25. The summed E-state index contributed by atoms with van der Waals surface area (Å²) >= 11 is 3.31. The molecule has 0 unspecified atom stereocenters. The molecule has 0 radical (unpaired) electrons. The zero-order valence-corrected chi connectivity index (χ0v) is 17.7. The smallest absolute Gasteiger partial charge is 0.237 e. The molecule has 5 rings (SSSR count). The molecule has 2 aromatic carbocycles. The molecular formula is C22H22N4OS2. The molecule has 29 heavy (non-hydrogen) atoms. The third kappa shape index (κ3) is 4.07. The number of para-hydroxylation sites is 1. The van der Waals surface area contributed by atoms with E-state index in [1.807, 2.05) is 40.9 Å². The van der Waals surface area contributed by atoms with Crippen LogP contribution in [0.2, 0.25) is 0 Å². The van der Waals surface area contributed by atoms with Gasteiger partial charge in [0, 0.05) is 23.1 Å². The molecule has 2 aliphatic rings. The van der Waals surface area contributed by atoms with Gasteiger partial charge in [-0.2, -0.15) is 0 Å². The van der Waals surface area contributed by atoms with Crippen molar-refractivity contribution < 1.29 is 4.79 Å². The van der Waals surface area contributed by atoms with Crippen molar-refractivity contribution >= 4 is 35.1 Å². The van der Waals surface area contributed by atoms with E-state index in [1.54, 1.807) is 0 Å². The number of carbonyl (C=O) groups excluding carboxylic acids is 1. The molecule has 0 spiro atoms. The number of carbonyl (C=O) groups is 1. The van der Waals surface area contributed by atoms with E-state index in [0.717, 1.165) is 35.5 Å². The zero-order valence-electron chi connectivity index (χ0n) is 16.0. The second-order valence-corrected chi connectivity index (χ2v) is 9.42. The summed E-state index contributed by atoms with van der Waals surface area (Å²) in [5, 5.41) is 9.74. The number of thioether (sulfide) groups is 2. The molecule has 0 bridgehead atoms. The predicted molar refractivity (Wildman–Crippen MR) is 118 cm³/mol.